The Balaban J connectivity index is 1.65. The molecule has 0 N–H and O–H groups in total. The predicted octanol–water partition coefficient (Wildman–Crippen LogP) is 4.60. The van der Waals surface area contributed by atoms with E-state index in [2.05, 4.69) is 51.2 Å². The average Bonchev–Trinajstić information content (AvgIpc) is 3.36. The summed E-state index contributed by atoms with van der Waals surface area (Å²) in [6.45, 7) is 4.18. The van der Waals surface area contributed by atoms with Crippen LogP contribution >= 0.6 is 23.1 Å². The van der Waals surface area contributed by atoms with E-state index in [1.807, 2.05) is 12.1 Å². The van der Waals surface area contributed by atoms with Crippen LogP contribution in [0.25, 0.3) is 21.5 Å². The largest absolute Gasteiger partial charge is 0.307 e. The van der Waals surface area contributed by atoms with Crippen molar-refractivity contribution in [3.8, 4) is 11.4 Å². The van der Waals surface area contributed by atoms with E-state index in [4.69, 9.17) is 0 Å². The van der Waals surface area contributed by atoms with Crippen LogP contribution in [0.3, 0.4) is 0 Å². The van der Waals surface area contributed by atoms with Gasteiger partial charge < -0.3 is 0 Å². The third-order valence-corrected chi connectivity index (χ3v) is 5.95. The Hall–Kier alpha value is -2.72. The van der Waals surface area contributed by atoms with E-state index >= 15 is 0 Å². The van der Waals surface area contributed by atoms with Crippen molar-refractivity contribution in [2.75, 3.05) is 0 Å². The Morgan fingerprint density at radius 3 is 2.85 bits per heavy atom. The number of thiophene rings is 1. The van der Waals surface area contributed by atoms with Gasteiger partial charge in [0.1, 0.15) is 12.4 Å². The molecule has 0 saturated carbocycles. The van der Waals surface area contributed by atoms with Crippen molar-refractivity contribution >= 4 is 38.9 Å². The highest BCUT2D eigenvalue weighted by Gasteiger charge is 2.20. The molecule has 0 aliphatic heterocycles. The molecule has 0 unspecified atom stereocenters. The van der Waals surface area contributed by atoms with Gasteiger partial charge in [0.2, 0.25) is 0 Å². The first-order valence-corrected chi connectivity index (χ1v) is 10.1. The number of thioether (sulfide) groups is 1. The Labute approximate surface area is 163 Å². The number of nitrogens with zero attached hydrogens (tertiary/aromatic N) is 6. The zero-order valence-corrected chi connectivity index (χ0v) is 16.3. The van der Waals surface area contributed by atoms with E-state index in [-0.39, 0.29) is 11.7 Å². The predicted molar refractivity (Wildman–Crippen MR) is 106 cm³/mol. The number of fused-ring (bicyclic) bond motifs is 1. The Bertz CT molecular complexity index is 1110. The molecule has 0 fully saturated rings. The van der Waals surface area contributed by atoms with Gasteiger partial charge in [0.05, 0.1) is 10.8 Å². The lowest BCUT2D eigenvalue weighted by atomic mass is 10.1. The van der Waals surface area contributed by atoms with Gasteiger partial charge in [-0.15, -0.1) is 21.5 Å². The van der Waals surface area contributed by atoms with Crippen LogP contribution < -0.4 is 0 Å². The second kappa shape index (κ2) is 7.12. The Morgan fingerprint density at radius 1 is 1.30 bits per heavy atom. The molecule has 0 aliphatic rings. The summed E-state index contributed by atoms with van der Waals surface area (Å²) >= 11 is 3.14. The van der Waals surface area contributed by atoms with Crippen molar-refractivity contribution in [2.24, 2.45) is 0 Å². The van der Waals surface area contributed by atoms with Gasteiger partial charge >= 0.3 is 5.69 Å². The highest BCUT2D eigenvalue weighted by Crippen LogP contribution is 2.36. The lowest BCUT2D eigenvalue weighted by molar-refractivity contribution is -0.385. The Kier molecular flexibility index (Phi) is 4.66. The first-order valence-electron chi connectivity index (χ1n) is 8.25. The second-order valence-electron chi connectivity index (χ2n) is 6.18. The maximum atomic E-state index is 10.8. The van der Waals surface area contributed by atoms with Crippen molar-refractivity contribution < 1.29 is 4.92 Å². The molecule has 8 nitrogen and oxygen atoms in total. The van der Waals surface area contributed by atoms with E-state index in [9.17, 15) is 10.1 Å². The molecule has 3 aromatic heterocycles. The molecule has 0 aliphatic carbocycles. The summed E-state index contributed by atoms with van der Waals surface area (Å²) in [5.41, 5.74) is 1.05. The summed E-state index contributed by atoms with van der Waals surface area (Å²) in [5.74, 6) is 1.25. The van der Waals surface area contributed by atoms with Crippen LogP contribution in [-0.2, 0) is 5.88 Å². The molecule has 3 heterocycles. The summed E-state index contributed by atoms with van der Waals surface area (Å²) in [7, 11) is 0. The molecule has 138 valence electrons. The molecule has 0 spiro atoms. The second-order valence-corrected chi connectivity index (χ2v) is 8.01. The smallest absolute Gasteiger partial charge is 0.299 e. The topological polar surface area (TPSA) is 91.7 Å². The monoisotopic (exact) mass is 400 g/mol. The molecule has 4 rings (SSSR count). The number of benzene rings is 1. The van der Waals surface area contributed by atoms with E-state index < -0.39 is 4.92 Å². The van der Waals surface area contributed by atoms with Gasteiger partial charge in [-0.25, -0.2) is 0 Å². The Morgan fingerprint density at radius 2 is 2.11 bits per heavy atom. The fraction of sp³-hybridized carbons (Fsp3) is 0.235. The van der Waals surface area contributed by atoms with Crippen molar-refractivity contribution in [2.45, 2.75) is 30.9 Å². The number of rotatable bonds is 6. The third-order valence-electron chi connectivity index (χ3n) is 4.06. The summed E-state index contributed by atoms with van der Waals surface area (Å²) in [5, 5.41) is 27.6. The van der Waals surface area contributed by atoms with Crippen molar-refractivity contribution in [3.63, 3.8) is 0 Å². The molecule has 1 aromatic carbocycles. The van der Waals surface area contributed by atoms with Crippen LogP contribution in [-0.4, -0.2) is 29.5 Å². The highest BCUT2D eigenvalue weighted by molar-refractivity contribution is 7.98. The average molecular weight is 400 g/mol. The lowest BCUT2D eigenvalue weighted by Crippen LogP contribution is -2.06. The van der Waals surface area contributed by atoms with Gasteiger partial charge in [-0.1, -0.05) is 30.0 Å². The van der Waals surface area contributed by atoms with Crippen molar-refractivity contribution in [3.05, 3.63) is 52.2 Å². The molecule has 0 bridgehead atoms. The maximum Gasteiger partial charge on any atom is 0.307 e. The van der Waals surface area contributed by atoms with Crippen LogP contribution in [0.1, 0.15) is 19.9 Å². The molecule has 0 atom stereocenters. The van der Waals surface area contributed by atoms with E-state index in [1.54, 1.807) is 11.3 Å². The van der Waals surface area contributed by atoms with Gasteiger partial charge in [0.25, 0.3) is 0 Å². The van der Waals surface area contributed by atoms with Gasteiger partial charge in [0.15, 0.2) is 11.0 Å². The molecular formula is C17H16N6O2S2. The molecule has 10 heteroatoms. The minimum atomic E-state index is -0.454. The van der Waals surface area contributed by atoms with E-state index in [1.165, 1.54) is 33.5 Å². The lowest BCUT2D eigenvalue weighted by Gasteiger charge is -2.13. The fourth-order valence-electron chi connectivity index (χ4n) is 2.82. The highest BCUT2D eigenvalue weighted by atomic mass is 32.2. The fourth-order valence-corrected chi connectivity index (χ4v) is 4.68. The number of hydrogen-bond donors (Lipinski definition) is 0. The first-order chi connectivity index (χ1) is 13.0. The summed E-state index contributed by atoms with van der Waals surface area (Å²) < 4.78 is 4.84. The number of aromatic nitrogens is 5. The van der Waals surface area contributed by atoms with Gasteiger partial charge in [-0.3, -0.25) is 19.4 Å². The zero-order chi connectivity index (χ0) is 19.0. The van der Waals surface area contributed by atoms with Gasteiger partial charge in [-0.2, -0.15) is 5.10 Å². The number of hydrogen-bond acceptors (Lipinski definition) is 7. The van der Waals surface area contributed by atoms with Crippen LogP contribution in [0.5, 0.6) is 0 Å². The van der Waals surface area contributed by atoms with Crippen LogP contribution in [0.2, 0.25) is 0 Å². The van der Waals surface area contributed by atoms with Crippen LogP contribution in [0, 0.1) is 10.1 Å². The maximum absolute atomic E-state index is 10.8. The summed E-state index contributed by atoms with van der Waals surface area (Å²) in [6.07, 6.45) is 2.66. The normalized spacial score (nSPS) is 11.5. The van der Waals surface area contributed by atoms with E-state index in [0.29, 0.717) is 5.88 Å². The molecule has 0 saturated heterocycles. The zero-order valence-electron chi connectivity index (χ0n) is 14.6. The van der Waals surface area contributed by atoms with Crippen LogP contribution in [0.15, 0.2) is 47.2 Å². The number of nitro groups is 1. The minimum absolute atomic E-state index is 0.0219. The SMILES string of the molecule is CC(C)n1c(SCn2cc([N+](=O)[O-])cn2)nnc1-c1csc2ccccc12. The molecule has 4 aromatic rings. The van der Waals surface area contributed by atoms with Crippen molar-refractivity contribution in [1.29, 1.82) is 0 Å². The van der Waals surface area contributed by atoms with Crippen molar-refractivity contribution in [1.82, 2.24) is 24.5 Å². The van der Waals surface area contributed by atoms with Gasteiger partial charge in [-0.05, 0) is 19.9 Å². The van der Waals surface area contributed by atoms with Crippen LogP contribution in [0.4, 0.5) is 5.69 Å². The standard InChI is InChI=1S/C17H16N6O2S2/c1-11(2)22-16(14-9-26-15-6-4-3-5-13(14)15)19-20-17(22)27-10-21-8-12(7-18-21)23(24)25/h3-9,11H,10H2,1-2H3. The quantitative estimate of drug-likeness (QED) is 0.267. The molecular weight excluding hydrogens is 384 g/mol. The third kappa shape index (κ3) is 3.33. The molecule has 27 heavy (non-hydrogen) atoms. The molecule has 0 radical (unpaired) electrons. The van der Waals surface area contributed by atoms with Gasteiger partial charge in [0, 0.05) is 27.1 Å². The van der Waals surface area contributed by atoms with E-state index in [0.717, 1.165) is 21.9 Å². The molecule has 0 amide bonds. The summed E-state index contributed by atoms with van der Waals surface area (Å²) in [4.78, 5) is 10.3. The summed E-state index contributed by atoms with van der Waals surface area (Å²) in [6, 6.07) is 8.41. The first kappa shape index (κ1) is 17.7. The minimum Gasteiger partial charge on any atom is -0.299 e.